The lowest BCUT2D eigenvalue weighted by Gasteiger charge is -2.28. The van der Waals surface area contributed by atoms with Crippen LogP contribution < -0.4 is 10.6 Å². The van der Waals surface area contributed by atoms with E-state index in [2.05, 4.69) is 10.6 Å². The summed E-state index contributed by atoms with van der Waals surface area (Å²) < 4.78 is 0. The molecular formula is C9H17N3O2. The Kier molecular flexibility index (Phi) is 3.88. The molecule has 1 fully saturated rings. The van der Waals surface area contributed by atoms with Gasteiger partial charge in [0.25, 0.3) is 0 Å². The van der Waals surface area contributed by atoms with Gasteiger partial charge in [0.1, 0.15) is 0 Å². The highest BCUT2D eigenvalue weighted by molar-refractivity contribution is 5.84. The highest BCUT2D eigenvalue weighted by atomic mass is 16.2. The Morgan fingerprint density at radius 1 is 1.50 bits per heavy atom. The molecule has 5 heteroatoms. The Bertz CT molecular complexity index is 226. The lowest BCUT2D eigenvalue weighted by Crippen LogP contribution is -2.45. The Morgan fingerprint density at radius 3 is 2.57 bits per heavy atom. The highest BCUT2D eigenvalue weighted by Crippen LogP contribution is 2.09. The number of nitrogens with zero attached hydrogens (tertiary/aromatic N) is 1. The van der Waals surface area contributed by atoms with Gasteiger partial charge in [-0.3, -0.25) is 9.59 Å². The maximum absolute atomic E-state index is 11.5. The fraction of sp³-hybridized carbons (Fsp3) is 0.778. The molecule has 1 aliphatic rings. The third-order valence-electron chi connectivity index (χ3n) is 2.41. The van der Waals surface area contributed by atoms with Gasteiger partial charge in [-0.25, -0.2) is 0 Å². The molecule has 0 saturated carbocycles. The molecule has 1 aliphatic heterocycles. The van der Waals surface area contributed by atoms with Crippen molar-refractivity contribution in [3.63, 3.8) is 0 Å². The van der Waals surface area contributed by atoms with Crippen molar-refractivity contribution < 1.29 is 9.59 Å². The van der Waals surface area contributed by atoms with Gasteiger partial charge in [-0.2, -0.15) is 0 Å². The second-order valence-corrected chi connectivity index (χ2v) is 3.65. The molecule has 1 heterocycles. The predicted molar refractivity (Wildman–Crippen MR) is 52.7 cm³/mol. The zero-order chi connectivity index (χ0) is 10.6. The van der Waals surface area contributed by atoms with Gasteiger partial charge < -0.3 is 15.5 Å². The quantitative estimate of drug-likeness (QED) is 0.598. The third-order valence-corrected chi connectivity index (χ3v) is 2.41. The molecule has 0 spiro atoms. The van der Waals surface area contributed by atoms with Crippen molar-refractivity contribution in [2.75, 3.05) is 33.7 Å². The zero-order valence-corrected chi connectivity index (χ0v) is 8.67. The molecule has 0 atom stereocenters. The van der Waals surface area contributed by atoms with E-state index in [9.17, 15) is 9.59 Å². The molecular weight excluding hydrogens is 182 g/mol. The van der Waals surface area contributed by atoms with Crippen molar-refractivity contribution in [1.29, 1.82) is 0 Å². The molecule has 2 N–H and O–H groups in total. The van der Waals surface area contributed by atoms with Crippen molar-refractivity contribution in [2.24, 2.45) is 5.92 Å². The van der Waals surface area contributed by atoms with Gasteiger partial charge in [0.15, 0.2) is 0 Å². The maximum atomic E-state index is 11.5. The van der Waals surface area contributed by atoms with Crippen molar-refractivity contribution in [3.05, 3.63) is 0 Å². The van der Waals surface area contributed by atoms with Crippen LogP contribution in [0.15, 0.2) is 0 Å². The fourth-order valence-electron chi connectivity index (χ4n) is 1.28. The van der Waals surface area contributed by atoms with E-state index >= 15 is 0 Å². The number of nitrogens with one attached hydrogen (secondary N) is 2. The normalized spacial score (nSPS) is 15.9. The summed E-state index contributed by atoms with van der Waals surface area (Å²) in [7, 11) is 3.22. The van der Waals surface area contributed by atoms with E-state index in [1.54, 1.807) is 14.1 Å². The van der Waals surface area contributed by atoms with Gasteiger partial charge in [0, 0.05) is 20.5 Å². The number of hydrogen-bond donors (Lipinski definition) is 2. The lowest BCUT2D eigenvalue weighted by molar-refractivity contribution is -0.135. The van der Waals surface area contributed by atoms with Gasteiger partial charge in [0.05, 0.1) is 6.54 Å². The van der Waals surface area contributed by atoms with Crippen molar-refractivity contribution >= 4 is 11.8 Å². The first-order chi connectivity index (χ1) is 6.63. The average Bonchev–Trinajstić information content (AvgIpc) is 2.10. The van der Waals surface area contributed by atoms with E-state index in [4.69, 9.17) is 0 Å². The van der Waals surface area contributed by atoms with Crippen LogP contribution >= 0.6 is 0 Å². The second kappa shape index (κ2) is 4.95. The first-order valence-electron chi connectivity index (χ1n) is 4.78. The van der Waals surface area contributed by atoms with E-state index in [1.165, 1.54) is 4.90 Å². The van der Waals surface area contributed by atoms with Crippen LogP contribution in [0.5, 0.6) is 0 Å². The predicted octanol–water partition coefficient (Wildman–Crippen LogP) is -1.20. The molecule has 1 rings (SSSR count). The molecule has 0 radical (unpaired) electrons. The SMILES string of the molecule is CNC(=O)CN(C)C(=O)CC1CNC1. The molecule has 0 aromatic heterocycles. The largest absolute Gasteiger partial charge is 0.358 e. The van der Waals surface area contributed by atoms with Crippen LogP contribution in [0.4, 0.5) is 0 Å². The summed E-state index contributed by atoms with van der Waals surface area (Å²) in [5.74, 6) is 0.363. The fourth-order valence-corrected chi connectivity index (χ4v) is 1.28. The summed E-state index contributed by atoms with van der Waals surface area (Å²) in [5, 5.41) is 5.59. The Balaban J connectivity index is 2.24. The van der Waals surface area contributed by atoms with Crippen LogP contribution in [-0.4, -0.2) is 50.4 Å². The molecule has 0 bridgehead atoms. The van der Waals surface area contributed by atoms with Gasteiger partial charge >= 0.3 is 0 Å². The van der Waals surface area contributed by atoms with Crippen molar-refractivity contribution in [1.82, 2.24) is 15.5 Å². The van der Waals surface area contributed by atoms with Crippen LogP contribution in [0.25, 0.3) is 0 Å². The summed E-state index contributed by atoms with van der Waals surface area (Å²) in [6.07, 6.45) is 0.542. The minimum atomic E-state index is -0.132. The van der Waals surface area contributed by atoms with E-state index in [1.807, 2.05) is 0 Å². The van der Waals surface area contributed by atoms with E-state index in [-0.39, 0.29) is 18.4 Å². The van der Waals surface area contributed by atoms with E-state index < -0.39 is 0 Å². The minimum absolute atomic E-state index is 0.0418. The van der Waals surface area contributed by atoms with Crippen LogP contribution in [0, 0.1) is 5.92 Å². The summed E-state index contributed by atoms with van der Waals surface area (Å²) in [6, 6.07) is 0. The minimum Gasteiger partial charge on any atom is -0.358 e. The van der Waals surface area contributed by atoms with Gasteiger partial charge in [-0.05, 0) is 19.0 Å². The molecule has 80 valence electrons. The Labute approximate surface area is 83.8 Å². The monoisotopic (exact) mass is 199 g/mol. The Hall–Kier alpha value is -1.10. The van der Waals surface area contributed by atoms with Crippen molar-refractivity contribution in [2.45, 2.75) is 6.42 Å². The van der Waals surface area contributed by atoms with Gasteiger partial charge in [-0.15, -0.1) is 0 Å². The zero-order valence-electron chi connectivity index (χ0n) is 8.67. The van der Waals surface area contributed by atoms with Crippen molar-refractivity contribution in [3.8, 4) is 0 Å². The smallest absolute Gasteiger partial charge is 0.239 e. The van der Waals surface area contributed by atoms with Gasteiger partial charge in [0.2, 0.25) is 11.8 Å². The third kappa shape index (κ3) is 2.99. The average molecular weight is 199 g/mol. The highest BCUT2D eigenvalue weighted by Gasteiger charge is 2.22. The number of carbonyl (C=O) groups is 2. The van der Waals surface area contributed by atoms with Gasteiger partial charge in [-0.1, -0.05) is 0 Å². The lowest BCUT2D eigenvalue weighted by atomic mass is 9.99. The molecule has 2 amide bonds. The van der Waals surface area contributed by atoms with Crippen LogP contribution in [-0.2, 0) is 9.59 Å². The van der Waals surface area contributed by atoms with E-state index in [0.29, 0.717) is 12.3 Å². The second-order valence-electron chi connectivity index (χ2n) is 3.65. The molecule has 0 aromatic rings. The van der Waals surface area contributed by atoms with Crippen LogP contribution in [0.3, 0.4) is 0 Å². The van der Waals surface area contributed by atoms with Crippen LogP contribution in [0.1, 0.15) is 6.42 Å². The maximum Gasteiger partial charge on any atom is 0.239 e. The van der Waals surface area contributed by atoms with Crippen LogP contribution in [0.2, 0.25) is 0 Å². The summed E-state index contributed by atoms with van der Waals surface area (Å²) in [5.41, 5.74) is 0. The first kappa shape index (κ1) is 11.0. The van der Waals surface area contributed by atoms with E-state index in [0.717, 1.165) is 13.1 Å². The number of hydrogen-bond acceptors (Lipinski definition) is 3. The number of amides is 2. The summed E-state index contributed by atoms with van der Waals surface area (Å²) >= 11 is 0. The molecule has 14 heavy (non-hydrogen) atoms. The number of carbonyl (C=O) groups excluding carboxylic acids is 2. The summed E-state index contributed by atoms with van der Waals surface area (Å²) in [6.45, 7) is 1.98. The molecule has 0 aromatic carbocycles. The standard InChI is InChI=1S/C9H17N3O2/c1-10-8(13)6-12(2)9(14)3-7-4-11-5-7/h7,11H,3-6H2,1-2H3,(H,10,13). The summed E-state index contributed by atoms with van der Waals surface area (Å²) in [4.78, 5) is 24.0. The molecule has 0 aliphatic carbocycles. The number of rotatable bonds is 4. The molecule has 1 saturated heterocycles. The Morgan fingerprint density at radius 2 is 2.14 bits per heavy atom. The molecule has 0 unspecified atom stereocenters. The first-order valence-corrected chi connectivity index (χ1v) is 4.78. The number of likely N-dealkylation sites (N-methyl/N-ethyl adjacent to an activating group) is 2. The molecule has 5 nitrogen and oxygen atoms in total. The topological polar surface area (TPSA) is 61.4 Å².